The van der Waals surface area contributed by atoms with Crippen LogP contribution in [0.15, 0.2) is 72.8 Å². The van der Waals surface area contributed by atoms with Crippen LogP contribution in [0.4, 0.5) is 80.6 Å². The highest BCUT2D eigenvalue weighted by Crippen LogP contribution is 2.40. The number of piperidine rings is 2. The number of halogens is 14. The molecule has 0 spiro atoms. The van der Waals surface area contributed by atoms with Gasteiger partial charge in [0.1, 0.15) is 22.8 Å². The highest BCUT2D eigenvalue weighted by molar-refractivity contribution is 5.76. The van der Waals surface area contributed by atoms with E-state index in [1.165, 1.54) is 60.3 Å². The summed E-state index contributed by atoms with van der Waals surface area (Å²) in [4.78, 5) is 56.8. The first-order valence-electron chi connectivity index (χ1n) is 25.6. The summed E-state index contributed by atoms with van der Waals surface area (Å²) in [6.45, 7) is 12.7. The summed E-state index contributed by atoms with van der Waals surface area (Å²) in [7, 11) is 2.55. The number of benzene rings is 4. The summed E-state index contributed by atoms with van der Waals surface area (Å²) in [5.41, 5.74) is -5.86. The number of ether oxygens (including phenoxy) is 2. The molecule has 2 fully saturated rings. The average molecular weight is 1180 g/mol. The molecule has 0 aromatic heterocycles. The molecule has 0 bridgehead atoms. The van der Waals surface area contributed by atoms with E-state index in [1.807, 2.05) is 0 Å². The molecular weight excluding hydrogens is 1120 g/mol. The van der Waals surface area contributed by atoms with Gasteiger partial charge in [0.15, 0.2) is 0 Å². The van der Waals surface area contributed by atoms with Crippen LogP contribution in [0.2, 0.25) is 0 Å². The summed E-state index contributed by atoms with van der Waals surface area (Å²) in [6.07, 6.45) is -20.4. The fraction of sp³-hybridized carbons (Fsp3) is 0.500. The van der Waals surface area contributed by atoms with Crippen molar-refractivity contribution in [2.24, 2.45) is 0 Å². The Morgan fingerprint density at radius 2 is 0.793 bits per heavy atom. The minimum absolute atomic E-state index is 0.0289. The number of hydrogen-bond acceptors (Lipinski definition) is 6. The van der Waals surface area contributed by atoms with Crippen LogP contribution >= 0.6 is 0 Å². The van der Waals surface area contributed by atoms with Crippen molar-refractivity contribution < 1.29 is 90.1 Å². The van der Waals surface area contributed by atoms with Crippen molar-refractivity contribution in [3.63, 3.8) is 0 Å². The van der Waals surface area contributed by atoms with Crippen LogP contribution in [0.25, 0.3) is 0 Å². The summed E-state index contributed by atoms with van der Waals surface area (Å²) in [6, 6.07) is 6.91. The van der Waals surface area contributed by atoms with Gasteiger partial charge in [-0.1, -0.05) is 12.1 Å². The molecule has 2 aliphatic heterocycles. The second-order valence-electron chi connectivity index (χ2n) is 22.3. The molecule has 2 heterocycles. The van der Waals surface area contributed by atoms with Gasteiger partial charge in [0.05, 0.1) is 34.3 Å². The first-order valence-corrected chi connectivity index (χ1v) is 25.6. The van der Waals surface area contributed by atoms with Crippen molar-refractivity contribution in [1.29, 1.82) is 0 Å². The van der Waals surface area contributed by atoms with E-state index >= 15 is 0 Å². The Kier molecular flexibility index (Phi) is 20.2. The SMILES string of the molecule is Cc1cc(F)ccc1[C@@H]1C[C@H](NC(=O)OC(C)(C)C)CCN1C(=O)N(C)Cc1cc(C(F)(F)F)cc(C(F)(F)F)c1.Cc1cc(F)ccc1[C@H]1C[C@@H](NC(=O)OC(C)(C)C)CCN1C(=O)N(C)Cc1cc(C(F)(F)F)cc(C(F)(F)F)c1. The van der Waals surface area contributed by atoms with Crippen LogP contribution < -0.4 is 10.6 Å². The van der Waals surface area contributed by atoms with Gasteiger partial charge in [0.25, 0.3) is 0 Å². The average Bonchev–Trinajstić information content (AvgIpc) is 3.24. The van der Waals surface area contributed by atoms with Gasteiger partial charge in [-0.15, -0.1) is 0 Å². The Morgan fingerprint density at radius 3 is 1.05 bits per heavy atom. The summed E-state index contributed by atoms with van der Waals surface area (Å²) < 4.78 is 198. The molecule has 4 atom stereocenters. The lowest BCUT2D eigenvalue weighted by atomic mass is 9.89. The van der Waals surface area contributed by atoms with Gasteiger partial charge in [0, 0.05) is 52.4 Å². The molecule has 0 aliphatic carbocycles. The molecule has 6 amide bonds. The lowest BCUT2D eigenvalue weighted by Gasteiger charge is -2.42. The summed E-state index contributed by atoms with van der Waals surface area (Å²) in [5, 5.41) is 5.55. The predicted molar refractivity (Wildman–Crippen MR) is 273 cm³/mol. The van der Waals surface area contributed by atoms with E-state index in [0.29, 0.717) is 59.4 Å². The van der Waals surface area contributed by atoms with Gasteiger partial charge < -0.3 is 39.7 Å². The molecule has 26 heteroatoms. The first-order chi connectivity index (χ1) is 37.5. The maximum absolute atomic E-state index is 13.9. The number of hydrogen-bond donors (Lipinski definition) is 2. The van der Waals surface area contributed by atoms with Crippen molar-refractivity contribution in [3.05, 3.63) is 140 Å². The highest BCUT2D eigenvalue weighted by Gasteiger charge is 2.41. The van der Waals surface area contributed by atoms with E-state index < -0.39 is 131 Å². The molecule has 2 N–H and O–H groups in total. The fourth-order valence-electron chi connectivity index (χ4n) is 9.56. The van der Waals surface area contributed by atoms with E-state index in [9.17, 15) is 80.6 Å². The van der Waals surface area contributed by atoms with Gasteiger partial charge in [0.2, 0.25) is 0 Å². The van der Waals surface area contributed by atoms with Gasteiger partial charge in [-0.25, -0.2) is 28.0 Å². The molecular formula is C56H64F14N6O6. The molecule has 452 valence electrons. The molecule has 0 radical (unpaired) electrons. The third-order valence-corrected chi connectivity index (χ3v) is 13.1. The number of aryl methyl sites for hydroxylation is 2. The monoisotopic (exact) mass is 1180 g/mol. The van der Waals surface area contributed by atoms with Crippen LogP contribution in [0.3, 0.4) is 0 Å². The quantitative estimate of drug-likeness (QED) is 0.169. The molecule has 6 rings (SSSR count). The van der Waals surface area contributed by atoms with Crippen molar-refractivity contribution in [3.8, 4) is 0 Å². The predicted octanol–water partition coefficient (Wildman–Crippen LogP) is 14.9. The maximum Gasteiger partial charge on any atom is 0.416 e. The van der Waals surface area contributed by atoms with Crippen LogP contribution in [0.5, 0.6) is 0 Å². The second-order valence-corrected chi connectivity index (χ2v) is 22.3. The van der Waals surface area contributed by atoms with Crippen LogP contribution in [0, 0.1) is 25.5 Å². The van der Waals surface area contributed by atoms with Gasteiger partial charge in [-0.05, 0) is 175 Å². The molecule has 4 aromatic carbocycles. The topological polar surface area (TPSA) is 124 Å². The minimum atomic E-state index is -5.02. The Balaban J connectivity index is 0.000000301. The Morgan fingerprint density at radius 1 is 0.500 bits per heavy atom. The molecule has 2 saturated heterocycles. The summed E-state index contributed by atoms with van der Waals surface area (Å²) in [5.74, 6) is -0.990. The normalized spacial score (nSPS) is 18.2. The zero-order valence-electron chi connectivity index (χ0n) is 46.4. The lowest BCUT2D eigenvalue weighted by Crippen LogP contribution is -2.51. The molecule has 0 saturated carbocycles. The Bertz CT molecular complexity index is 2670. The van der Waals surface area contributed by atoms with E-state index in [0.717, 1.165) is 9.80 Å². The largest absolute Gasteiger partial charge is 0.444 e. The van der Waals surface area contributed by atoms with Crippen molar-refractivity contribution in [2.45, 2.75) is 154 Å². The third-order valence-electron chi connectivity index (χ3n) is 13.1. The van der Waals surface area contributed by atoms with Gasteiger partial charge in [-0.3, -0.25) is 0 Å². The van der Waals surface area contributed by atoms with Crippen molar-refractivity contribution in [1.82, 2.24) is 30.2 Å². The van der Waals surface area contributed by atoms with Gasteiger partial charge >= 0.3 is 49.0 Å². The number of carbonyl (C=O) groups is 4. The number of likely N-dealkylation sites (tertiary alicyclic amines) is 2. The Labute approximate surface area is 465 Å². The molecule has 4 aromatic rings. The third kappa shape index (κ3) is 18.5. The smallest absolute Gasteiger partial charge is 0.416 e. The van der Waals surface area contributed by atoms with E-state index in [-0.39, 0.29) is 49.2 Å². The number of urea groups is 2. The number of amides is 6. The standard InChI is InChI=1S/2C28H32F7N3O3/c2*1-16-10-20(29)6-7-22(16)23-14-21(36-24(39)41-26(2,3)4)8-9-38(23)25(40)37(5)15-17-11-18(27(30,31)32)13-19(12-17)28(33,34)35/h2*6-7,10-13,21,23H,8-9,14-15H2,1-5H3,(H,36,39)/t2*21-,23+/m10/s1. The second kappa shape index (κ2) is 25.2. The Hall–Kier alpha value is -7.02. The number of carbonyl (C=O) groups excluding carboxylic acids is 4. The van der Waals surface area contributed by atoms with E-state index in [4.69, 9.17) is 9.47 Å². The van der Waals surface area contributed by atoms with Crippen LogP contribution in [-0.2, 0) is 47.3 Å². The van der Waals surface area contributed by atoms with Crippen LogP contribution in [-0.4, -0.2) is 94.3 Å². The van der Waals surface area contributed by atoms with E-state index in [2.05, 4.69) is 10.6 Å². The minimum Gasteiger partial charge on any atom is -0.444 e. The number of nitrogens with one attached hydrogen (secondary N) is 2. The number of alkyl halides is 12. The molecule has 12 nitrogen and oxygen atoms in total. The molecule has 0 unspecified atom stereocenters. The van der Waals surface area contributed by atoms with E-state index in [1.54, 1.807) is 55.4 Å². The molecule has 2 aliphatic rings. The summed E-state index contributed by atoms with van der Waals surface area (Å²) >= 11 is 0. The fourth-order valence-corrected chi connectivity index (χ4v) is 9.56. The van der Waals surface area contributed by atoms with Crippen molar-refractivity contribution in [2.75, 3.05) is 27.2 Å². The zero-order chi connectivity index (χ0) is 61.8. The number of alkyl carbamates (subject to hydrolysis) is 2. The lowest BCUT2D eigenvalue weighted by molar-refractivity contribution is -0.144. The highest BCUT2D eigenvalue weighted by atomic mass is 19.4. The van der Waals surface area contributed by atoms with Crippen LogP contribution in [0.1, 0.15) is 135 Å². The first kappa shape index (κ1) is 65.8. The number of nitrogens with zero attached hydrogens (tertiary/aromatic N) is 4. The number of rotatable bonds is 8. The zero-order valence-corrected chi connectivity index (χ0v) is 46.4. The molecule has 82 heavy (non-hydrogen) atoms. The van der Waals surface area contributed by atoms with Crippen molar-refractivity contribution >= 4 is 24.2 Å². The maximum atomic E-state index is 13.9. The van der Waals surface area contributed by atoms with Gasteiger partial charge in [-0.2, -0.15) is 52.7 Å².